The van der Waals surface area contributed by atoms with Gasteiger partial charge in [0.05, 0.1) is 0 Å². The molecule has 100 valence electrons. The summed E-state index contributed by atoms with van der Waals surface area (Å²) in [5.74, 6) is 3.65. The SMILES string of the molecule is CC1CCC(N(C)c2ccnc(CCS)n2)CC1. The highest BCUT2D eigenvalue weighted by molar-refractivity contribution is 7.80. The largest absolute Gasteiger partial charge is 0.357 e. The molecule has 0 N–H and O–H groups in total. The fourth-order valence-corrected chi connectivity index (χ4v) is 2.82. The van der Waals surface area contributed by atoms with Gasteiger partial charge in [0.25, 0.3) is 0 Å². The first-order valence-electron chi connectivity index (χ1n) is 6.86. The summed E-state index contributed by atoms with van der Waals surface area (Å²) in [5, 5.41) is 0. The maximum absolute atomic E-state index is 4.62. The van der Waals surface area contributed by atoms with Crippen molar-refractivity contribution in [3.63, 3.8) is 0 Å². The zero-order valence-electron chi connectivity index (χ0n) is 11.3. The molecule has 0 aliphatic heterocycles. The van der Waals surface area contributed by atoms with Crippen molar-refractivity contribution in [2.75, 3.05) is 17.7 Å². The Morgan fingerprint density at radius 2 is 2.06 bits per heavy atom. The van der Waals surface area contributed by atoms with Crippen LogP contribution in [0.1, 0.15) is 38.4 Å². The summed E-state index contributed by atoms with van der Waals surface area (Å²) in [6.07, 6.45) is 7.94. The van der Waals surface area contributed by atoms with Crippen LogP contribution < -0.4 is 4.90 Å². The number of nitrogens with zero attached hydrogens (tertiary/aromatic N) is 3. The second-order valence-electron chi connectivity index (χ2n) is 5.33. The van der Waals surface area contributed by atoms with Gasteiger partial charge in [0.2, 0.25) is 0 Å². The van der Waals surface area contributed by atoms with Crippen molar-refractivity contribution in [2.45, 2.75) is 45.1 Å². The second kappa shape index (κ2) is 6.41. The van der Waals surface area contributed by atoms with Gasteiger partial charge in [-0.2, -0.15) is 12.6 Å². The predicted octanol–water partition coefficient (Wildman–Crippen LogP) is 2.96. The lowest BCUT2D eigenvalue weighted by Crippen LogP contribution is -2.35. The molecule has 1 fully saturated rings. The van der Waals surface area contributed by atoms with Gasteiger partial charge in [-0.3, -0.25) is 0 Å². The van der Waals surface area contributed by atoms with E-state index < -0.39 is 0 Å². The van der Waals surface area contributed by atoms with E-state index in [9.17, 15) is 0 Å². The molecule has 1 aliphatic carbocycles. The molecule has 4 heteroatoms. The molecule has 3 nitrogen and oxygen atoms in total. The van der Waals surface area contributed by atoms with Crippen molar-refractivity contribution in [2.24, 2.45) is 5.92 Å². The van der Waals surface area contributed by atoms with E-state index in [0.29, 0.717) is 6.04 Å². The van der Waals surface area contributed by atoms with Gasteiger partial charge in [0.15, 0.2) is 0 Å². The Balaban J connectivity index is 2.03. The van der Waals surface area contributed by atoms with E-state index in [4.69, 9.17) is 0 Å². The normalized spacial score (nSPS) is 23.9. The minimum absolute atomic E-state index is 0.639. The lowest BCUT2D eigenvalue weighted by atomic mass is 9.87. The highest BCUT2D eigenvalue weighted by atomic mass is 32.1. The third kappa shape index (κ3) is 3.37. The summed E-state index contributed by atoms with van der Waals surface area (Å²) in [5.41, 5.74) is 0. The molecule has 2 rings (SSSR count). The Morgan fingerprint density at radius 1 is 1.33 bits per heavy atom. The van der Waals surface area contributed by atoms with Crippen LogP contribution in [0.3, 0.4) is 0 Å². The van der Waals surface area contributed by atoms with Crippen molar-refractivity contribution < 1.29 is 0 Å². The number of thiol groups is 1. The monoisotopic (exact) mass is 265 g/mol. The minimum Gasteiger partial charge on any atom is -0.357 e. The quantitative estimate of drug-likeness (QED) is 0.849. The van der Waals surface area contributed by atoms with Crippen molar-refractivity contribution in [1.82, 2.24) is 9.97 Å². The molecule has 0 aromatic carbocycles. The fourth-order valence-electron chi connectivity index (χ4n) is 2.62. The van der Waals surface area contributed by atoms with Crippen LogP contribution in [0.25, 0.3) is 0 Å². The van der Waals surface area contributed by atoms with Crippen molar-refractivity contribution in [3.05, 3.63) is 18.1 Å². The molecule has 0 unspecified atom stereocenters. The van der Waals surface area contributed by atoms with Gasteiger partial charge in [-0.1, -0.05) is 6.92 Å². The van der Waals surface area contributed by atoms with E-state index in [1.807, 2.05) is 12.3 Å². The Morgan fingerprint density at radius 3 is 2.72 bits per heavy atom. The Labute approximate surface area is 115 Å². The Hall–Kier alpha value is -0.770. The predicted molar refractivity (Wildman–Crippen MR) is 79.4 cm³/mol. The summed E-state index contributed by atoms with van der Waals surface area (Å²) in [6.45, 7) is 2.35. The first-order valence-corrected chi connectivity index (χ1v) is 7.49. The van der Waals surface area contributed by atoms with Gasteiger partial charge in [0.1, 0.15) is 11.6 Å². The highest BCUT2D eigenvalue weighted by Gasteiger charge is 2.22. The van der Waals surface area contributed by atoms with E-state index in [2.05, 4.69) is 41.5 Å². The number of aryl methyl sites for hydroxylation is 1. The molecule has 1 aromatic rings. The number of rotatable bonds is 4. The van der Waals surface area contributed by atoms with Crippen molar-refractivity contribution in [3.8, 4) is 0 Å². The van der Waals surface area contributed by atoms with Gasteiger partial charge in [-0.05, 0) is 43.4 Å². The van der Waals surface area contributed by atoms with Gasteiger partial charge in [0, 0.05) is 25.7 Å². The maximum atomic E-state index is 4.62. The van der Waals surface area contributed by atoms with Crippen LogP contribution in [0.5, 0.6) is 0 Å². The number of hydrogen-bond acceptors (Lipinski definition) is 4. The molecular formula is C14H23N3S. The third-order valence-corrected chi connectivity index (χ3v) is 4.14. The number of aromatic nitrogens is 2. The van der Waals surface area contributed by atoms with Crippen LogP contribution in [-0.2, 0) is 6.42 Å². The van der Waals surface area contributed by atoms with Gasteiger partial charge < -0.3 is 4.90 Å². The average molecular weight is 265 g/mol. The van der Waals surface area contributed by atoms with E-state index in [1.54, 1.807) is 0 Å². The minimum atomic E-state index is 0.639. The van der Waals surface area contributed by atoms with E-state index in [0.717, 1.165) is 29.7 Å². The molecule has 1 aromatic heterocycles. The molecule has 0 spiro atoms. The molecule has 1 saturated carbocycles. The maximum Gasteiger partial charge on any atom is 0.132 e. The van der Waals surface area contributed by atoms with Crippen LogP contribution in [0.4, 0.5) is 5.82 Å². The lowest BCUT2D eigenvalue weighted by molar-refractivity contribution is 0.340. The van der Waals surface area contributed by atoms with Crippen LogP contribution >= 0.6 is 12.6 Å². The molecule has 0 bridgehead atoms. The molecule has 0 radical (unpaired) electrons. The second-order valence-corrected chi connectivity index (χ2v) is 5.78. The van der Waals surface area contributed by atoms with E-state index >= 15 is 0 Å². The number of anilines is 1. The fraction of sp³-hybridized carbons (Fsp3) is 0.714. The molecule has 1 aliphatic rings. The van der Waals surface area contributed by atoms with Crippen LogP contribution in [-0.4, -0.2) is 28.8 Å². The Bertz CT molecular complexity index is 375. The smallest absolute Gasteiger partial charge is 0.132 e. The average Bonchev–Trinajstić information content (AvgIpc) is 2.39. The Kier molecular flexibility index (Phi) is 4.87. The summed E-state index contributed by atoms with van der Waals surface area (Å²) in [7, 11) is 2.16. The summed E-state index contributed by atoms with van der Waals surface area (Å²) in [6, 6.07) is 2.65. The van der Waals surface area contributed by atoms with Crippen molar-refractivity contribution >= 4 is 18.4 Å². The van der Waals surface area contributed by atoms with E-state index in [-0.39, 0.29) is 0 Å². The van der Waals surface area contributed by atoms with Crippen LogP contribution in [0, 0.1) is 5.92 Å². The van der Waals surface area contributed by atoms with Crippen molar-refractivity contribution in [1.29, 1.82) is 0 Å². The highest BCUT2D eigenvalue weighted by Crippen LogP contribution is 2.28. The van der Waals surface area contributed by atoms with Crippen LogP contribution in [0.2, 0.25) is 0 Å². The van der Waals surface area contributed by atoms with E-state index in [1.165, 1.54) is 25.7 Å². The molecule has 0 saturated heterocycles. The topological polar surface area (TPSA) is 29.0 Å². The summed E-state index contributed by atoms with van der Waals surface area (Å²) in [4.78, 5) is 11.2. The zero-order chi connectivity index (χ0) is 13.0. The summed E-state index contributed by atoms with van der Waals surface area (Å²) >= 11 is 4.24. The third-order valence-electron chi connectivity index (χ3n) is 3.92. The zero-order valence-corrected chi connectivity index (χ0v) is 12.2. The molecule has 18 heavy (non-hydrogen) atoms. The number of hydrogen-bond donors (Lipinski definition) is 1. The standard InChI is InChI=1S/C14H23N3S/c1-11-3-5-12(6-4-11)17(2)14-7-9-15-13(16-14)8-10-18/h7,9,11-12,18H,3-6,8,10H2,1-2H3. The summed E-state index contributed by atoms with van der Waals surface area (Å²) < 4.78 is 0. The molecular weight excluding hydrogens is 242 g/mol. The first kappa shape index (κ1) is 13.7. The van der Waals surface area contributed by atoms with Crippen LogP contribution in [0.15, 0.2) is 12.3 Å². The van der Waals surface area contributed by atoms with Gasteiger partial charge in [-0.15, -0.1) is 0 Å². The van der Waals surface area contributed by atoms with Gasteiger partial charge in [-0.25, -0.2) is 9.97 Å². The molecule has 1 heterocycles. The molecule has 0 amide bonds. The lowest BCUT2D eigenvalue weighted by Gasteiger charge is -2.34. The van der Waals surface area contributed by atoms with Gasteiger partial charge >= 0.3 is 0 Å². The molecule has 0 atom stereocenters. The first-order chi connectivity index (χ1) is 8.70.